The van der Waals surface area contributed by atoms with Gasteiger partial charge in [0.25, 0.3) is 11.8 Å². The van der Waals surface area contributed by atoms with Crippen molar-refractivity contribution in [3.8, 4) is 11.5 Å². The molecule has 3 fully saturated rings. The first-order chi connectivity index (χ1) is 21.0. The monoisotopic (exact) mass is 590 g/mol. The molecule has 1 aromatic heterocycles. The fourth-order valence-corrected chi connectivity index (χ4v) is 6.10. The van der Waals surface area contributed by atoms with Crippen LogP contribution in [-0.4, -0.2) is 77.9 Å². The zero-order valence-electron chi connectivity index (χ0n) is 24.3. The van der Waals surface area contributed by atoms with Gasteiger partial charge in [0.1, 0.15) is 18.1 Å². The van der Waals surface area contributed by atoms with Crippen LogP contribution in [0.25, 0.3) is 0 Å². The SMILES string of the molecule is CCOc1cc(C(=O)N2CC3CCC2COC3)ccc1C(=O)NC[C@@H](O)[C@@H]1Cc2ccc(OCc3cnco3)cc2CN1. The van der Waals surface area contributed by atoms with E-state index in [9.17, 15) is 14.7 Å². The molecule has 2 aromatic carbocycles. The summed E-state index contributed by atoms with van der Waals surface area (Å²) in [4.78, 5) is 32.4. The Labute approximate surface area is 250 Å². The Hall–Kier alpha value is -3.93. The third-order valence-corrected chi connectivity index (χ3v) is 8.47. The molecule has 2 amide bonds. The van der Waals surface area contributed by atoms with Crippen molar-refractivity contribution in [3.63, 3.8) is 0 Å². The average molecular weight is 591 g/mol. The van der Waals surface area contributed by atoms with Gasteiger partial charge in [-0.05, 0) is 73.6 Å². The molecule has 3 saturated heterocycles. The number of oxazole rings is 1. The van der Waals surface area contributed by atoms with E-state index in [0.717, 1.165) is 29.7 Å². The quantitative estimate of drug-likeness (QED) is 0.326. The summed E-state index contributed by atoms with van der Waals surface area (Å²) in [5.74, 6) is 1.65. The lowest BCUT2D eigenvalue weighted by molar-refractivity contribution is 0.0559. The van der Waals surface area contributed by atoms with Gasteiger partial charge in [-0.1, -0.05) is 6.07 Å². The molecule has 0 radical (unpaired) electrons. The molecule has 228 valence electrons. The molecule has 0 aliphatic carbocycles. The fourth-order valence-electron chi connectivity index (χ4n) is 6.10. The predicted molar refractivity (Wildman–Crippen MR) is 156 cm³/mol. The number of piperidine rings is 1. The summed E-state index contributed by atoms with van der Waals surface area (Å²) in [6.45, 7) is 5.05. The second-order valence-electron chi connectivity index (χ2n) is 11.4. The number of aliphatic hydroxyl groups is 1. The van der Waals surface area contributed by atoms with Crippen molar-refractivity contribution in [1.29, 1.82) is 0 Å². The third-order valence-electron chi connectivity index (χ3n) is 8.47. The lowest BCUT2D eigenvalue weighted by Crippen LogP contribution is -2.49. The van der Waals surface area contributed by atoms with E-state index in [2.05, 4.69) is 15.6 Å². The number of hydrogen-bond donors (Lipinski definition) is 3. The van der Waals surface area contributed by atoms with Crippen molar-refractivity contribution in [3.05, 3.63) is 77.0 Å². The van der Waals surface area contributed by atoms with E-state index in [1.807, 2.05) is 30.0 Å². The zero-order valence-corrected chi connectivity index (χ0v) is 24.3. The number of fused-ring (bicyclic) bond motifs is 5. The molecular formula is C32H38N4O7. The van der Waals surface area contributed by atoms with E-state index < -0.39 is 6.10 Å². The molecule has 11 heteroatoms. The molecule has 5 heterocycles. The van der Waals surface area contributed by atoms with Gasteiger partial charge in [-0.2, -0.15) is 0 Å². The number of carbonyl (C=O) groups excluding carboxylic acids is 2. The van der Waals surface area contributed by atoms with E-state index in [1.165, 1.54) is 6.39 Å². The highest BCUT2D eigenvalue weighted by Crippen LogP contribution is 2.30. The minimum absolute atomic E-state index is 0.0628. The molecule has 7 rings (SSSR count). The van der Waals surface area contributed by atoms with E-state index in [0.29, 0.717) is 74.5 Å². The predicted octanol–water partition coefficient (Wildman–Crippen LogP) is 2.71. The van der Waals surface area contributed by atoms with E-state index in [-0.39, 0.29) is 30.4 Å². The molecule has 2 unspecified atom stereocenters. The standard InChI is InChI=1S/C32H38N4O7/c1-2-41-30-11-22(32(39)36-15-20-3-6-24(36)17-40-16-20)5-8-27(30)31(38)35-14-29(37)28-10-21-4-7-25(9-23(21)12-34-28)42-18-26-13-33-19-43-26/h4-5,7-9,11,13,19-20,24,28-29,34,37H,2-3,6,10,12,14-18H2,1H3,(H,35,38)/t20?,24?,28-,29+/m0/s1. The molecule has 4 aliphatic rings. The Balaban J connectivity index is 1.05. The van der Waals surface area contributed by atoms with Crippen LogP contribution in [0.3, 0.4) is 0 Å². The van der Waals surface area contributed by atoms with Gasteiger partial charge in [-0.3, -0.25) is 9.59 Å². The number of rotatable bonds is 10. The minimum atomic E-state index is -0.809. The number of ether oxygens (including phenoxy) is 3. The lowest BCUT2D eigenvalue weighted by Gasteiger charge is -2.35. The fraction of sp³-hybridized carbons (Fsp3) is 0.469. The number of amides is 2. The van der Waals surface area contributed by atoms with Crippen LogP contribution in [0.15, 0.2) is 53.4 Å². The van der Waals surface area contributed by atoms with Crippen LogP contribution in [0.4, 0.5) is 0 Å². The number of aliphatic hydroxyl groups excluding tert-OH is 1. The second-order valence-corrected chi connectivity index (χ2v) is 11.4. The highest BCUT2D eigenvalue weighted by atomic mass is 16.5. The topological polar surface area (TPSA) is 135 Å². The van der Waals surface area contributed by atoms with E-state index >= 15 is 0 Å². The van der Waals surface area contributed by atoms with Crippen LogP contribution in [0, 0.1) is 5.92 Å². The van der Waals surface area contributed by atoms with Crippen molar-refractivity contribution in [1.82, 2.24) is 20.5 Å². The third kappa shape index (κ3) is 6.69. The van der Waals surface area contributed by atoms with Gasteiger partial charge < -0.3 is 39.3 Å². The van der Waals surface area contributed by atoms with Crippen molar-refractivity contribution >= 4 is 11.8 Å². The van der Waals surface area contributed by atoms with Gasteiger partial charge in [0.05, 0.1) is 43.7 Å². The normalized spacial score (nSPS) is 21.9. The number of carbonyl (C=O) groups is 2. The summed E-state index contributed by atoms with van der Waals surface area (Å²) < 4.78 is 22.5. The summed E-state index contributed by atoms with van der Waals surface area (Å²) in [5.41, 5.74) is 3.03. The largest absolute Gasteiger partial charge is 0.493 e. The molecule has 4 aliphatic heterocycles. The second kappa shape index (κ2) is 13.2. The van der Waals surface area contributed by atoms with Gasteiger partial charge in [0, 0.05) is 31.2 Å². The van der Waals surface area contributed by atoms with Crippen molar-refractivity contribution in [2.75, 3.05) is 32.9 Å². The molecule has 11 nitrogen and oxygen atoms in total. The zero-order chi connectivity index (χ0) is 29.8. The maximum Gasteiger partial charge on any atom is 0.255 e. The molecule has 0 spiro atoms. The Morgan fingerprint density at radius 3 is 2.91 bits per heavy atom. The van der Waals surface area contributed by atoms with Gasteiger partial charge >= 0.3 is 0 Å². The molecule has 0 saturated carbocycles. The van der Waals surface area contributed by atoms with Gasteiger partial charge in [0.2, 0.25) is 0 Å². The Morgan fingerprint density at radius 2 is 2.07 bits per heavy atom. The smallest absolute Gasteiger partial charge is 0.255 e. The van der Waals surface area contributed by atoms with Crippen LogP contribution < -0.4 is 20.1 Å². The Morgan fingerprint density at radius 1 is 1.16 bits per heavy atom. The van der Waals surface area contributed by atoms with Crippen molar-refractivity contribution in [2.24, 2.45) is 5.92 Å². The summed E-state index contributed by atoms with van der Waals surface area (Å²) >= 11 is 0. The van der Waals surface area contributed by atoms with Crippen LogP contribution in [0.5, 0.6) is 11.5 Å². The molecule has 4 atom stereocenters. The molecule has 3 N–H and O–H groups in total. The first-order valence-corrected chi connectivity index (χ1v) is 15.0. The highest BCUT2D eigenvalue weighted by molar-refractivity contribution is 6.00. The van der Waals surface area contributed by atoms with Crippen LogP contribution in [0.1, 0.15) is 57.4 Å². The molecular weight excluding hydrogens is 552 g/mol. The first-order valence-electron chi connectivity index (χ1n) is 15.0. The number of nitrogens with one attached hydrogen (secondary N) is 2. The van der Waals surface area contributed by atoms with Crippen LogP contribution >= 0.6 is 0 Å². The van der Waals surface area contributed by atoms with E-state index in [4.69, 9.17) is 18.6 Å². The highest BCUT2D eigenvalue weighted by Gasteiger charge is 2.35. The van der Waals surface area contributed by atoms with Crippen LogP contribution in [0.2, 0.25) is 0 Å². The number of nitrogens with zero attached hydrogens (tertiary/aromatic N) is 2. The maximum atomic E-state index is 13.4. The summed E-state index contributed by atoms with van der Waals surface area (Å²) in [6.07, 6.45) is 4.81. The first kappa shape index (κ1) is 29.2. The number of hydrogen-bond acceptors (Lipinski definition) is 9. The van der Waals surface area contributed by atoms with Gasteiger partial charge in [-0.25, -0.2) is 4.98 Å². The summed E-state index contributed by atoms with van der Waals surface area (Å²) in [6, 6.07) is 10.7. The Bertz CT molecular complexity index is 1430. The number of benzene rings is 2. The average Bonchev–Trinajstić information content (AvgIpc) is 3.36. The van der Waals surface area contributed by atoms with Gasteiger partial charge in [-0.15, -0.1) is 0 Å². The summed E-state index contributed by atoms with van der Waals surface area (Å²) in [5, 5.41) is 17.2. The van der Waals surface area contributed by atoms with Crippen molar-refractivity contribution in [2.45, 2.75) is 57.5 Å². The van der Waals surface area contributed by atoms with Crippen LogP contribution in [-0.2, 0) is 24.3 Å². The number of aromatic nitrogens is 1. The Kier molecular flexibility index (Phi) is 8.92. The van der Waals surface area contributed by atoms with Crippen molar-refractivity contribution < 1.29 is 33.3 Å². The lowest BCUT2D eigenvalue weighted by atomic mass is 9.92. The van der Waals surface area contributed by atoms with Gasteiger partial charge in [0.15, 0.2) is 12.2 Å². The molecule has 43 heavy (non-hydrogen) atoms. The minimum Gasteiger partial charge on any atom is -0.493 e. The molecule has 2 bridgehead atoms. The van der Waals surface area contributed by atoms with E-state index in [1.54, 1.807) is 24.4 Å². The summed E-state index contributed by atoms with van der Waals surface area (Å²) in [7, 11) is 0. The maximum absolute atomic E-state index is 13.4. The molecule has 3 aromatic rings.